The maximum Gasteiger partial charge on any atom is 0.0410 e. The van der Waals surface area contributed by atoms with Gasteiger partial charge in [-0.2, -0.15) is 0 Å². The lowest BCUT2D eigenvalue weighted by Gasteiger charge is -2.20. The summed E-state index contributed by atoms with van der Waals surface area (Å²) in [5.41, 5.74) is 2.41. The normalized spacial score (nSPS) is 21.5. The Morgan fingerprint density at radius 3 is 3.00 bits per heavy atom. The number of rotatable bonds is 4. The smallest absolute Gasteiger partial charge is 0.0410 e. The van der Waals surface area contributed by atoms with Gasteiger partial charge in [0.1, 0.15) is 0 Å². The zero-order chi connectivity index (χ0) is 12.3. The minimum atomic E-state index is 0.491. The molecule has 1 saturated heterocycles. The van der Waals surface area contributed by atoms with Crippen LogP contribution in [0.1, 0.15) is 31.7 Å². The van der Waals surface area contributed by atoms with Gasteiger partial charge in [-0.05, 0) is 63.4 Å². The summed E-state index contributed by atoms with van der Waals surface area (Å²) in [6.07, 6.45) is 3.81. The van der Waals surface area contributed by atoms with Crippen LogP contribution in [0.25, 0.3) is 0 Å². The Balaban J connectivity index is 1.90. The molecule has 2 rings (SSSR count). The molecule has 2 N–H and O–H groups in total. The van der Waals surface area contributed by atoms with Gasteiger partial charge < -0.3 is 10.6 Å². The van der Waals surface area contributed by atoms with Crippen molar-refractivity contribution in [1.29, 1.82) is 0 Å². The Morgan fingerprint density at radius 2 is 2.35 bits per heavy atom. The molecule has 2 unspecified atom stereocenters. The maximum absolute atomic E-state index is 5.95. The molecule has 0 radical (unpaired) electrons. The Bertz CT molecular complexity index is 372. The van der Waals surface area contributed by atoms with E-state index in [1.54, 1.807) is 0 Å². The zero-order valence-electron chi connectivity index (χ0n) is 10.6. The molecule has 1 aliphatic heterocycles. The van der Waals surface area contributed by atoms with Crippen molar-refractivity contribution in [3.05, 3.63) is 28.8 Å². The van der Waals surface area contributed by atoms with Gasteiger partial charge in [-0.25, -0.2) is 0 Å². The first-order chi connectivity index (χ1) is 8.15. The zero-order valence-corrected chi connectivity index (χ0v) is 11.3. The second-order valence-corrected chi connectivity index (χ2v) is 5.47. The summed E-state index contributed by atoms with van der Waals surface area (Å²) in [6, 6.07) is 7.19. The number of aryl methyl sites for hydroxylation is 1. The van der Waals surface area contributed by atoms with Crippen LogP contribution in [0.3, 0.4) is 0 Å². The van der Waals surface area contributed by atoms with E-state index in [0.29, 0.717) is 12.1 Å². The van der Waals surface area contributed by atoms with Crippen molar-refractivity contribution >= 4 is 17.3 Å². The molecule has 1 aliphatic rings. The van der Waals surface area contributed by atoms with Gasteiger partial charge in [0, 0.05) is 22.8 Å². The van der Waals surface area contributed by atoms with Crippen molar-refractivity contribution in [3.8, 4) is 0 Å². The molecule has 2 atom stereocenters. The molecule has 1 aromatic carbocycles. The summed E-state index contributed by atoms with van der Waals surface area (Å²) in [5, 5.41) is 7.91. The summed E-state index contributed by atoms with van der Waals surface area (Å²) >= 11 is 5.95. The van der Waals surface area contributed by atoms with E-state index in [1.807, 2.05) is 12.1 Å². The van der Waals surface area contributed by atoms with Crippen LogP contribution in [0.5, 0.6) is 0 Å². The van der Waals surface area contributed by atoms with Gasteiger partial charge in [-0.15, -0.1) is 0 Å². The average molecular weight is 253 g/mol. The quantitative estimate of drug-likeness (QED) is 0.856. The first-order valence-electron chi connectivity index (χ1n) is 6.41. The van der Waals surface area contributed by atoms with Crippen LogP contribution in [0.4, 0.5) is 5.69 Å². The fourth-order valence-corrected chi connectivity index (χ4v) is 2.72. The van der Waals surface area contributed by atoms with E-state index in [4.69, 9.17) is 11.6 Å². The number of benzene rings is 1. The van der Waals surface area contributed by atoms with E-state index >= 15 is 0 Å². The van der Waals surface area contributed by atoms with Gasteiger partial charge in [0.05, 0.1) is 0 Å². The lowest BCUT2D eigenvalue weighted by molar-refractivity contribution is 0.523. The molecule has 1 heterocycles. The molecule has 1 aromatic rings. The molecule has 0 saturated carbocycles. The van der Waals surface area contributed by atoms with E-state index in [2.05, 4.69) is 30.5 Å². The number of nitrogens with one attached hydrogen (secondary N) is 2. The molecule has 0 aromatic heterocycles. The minimum absolute atomic E-state index is 0.491. The minimum Gasteiger partial charge on any atom is -0.382 e. The van der Waals surface area contributed by atoms with E-state index in [0.717, 1.165) is 5.02 Å². The van der Waals surface area contributed by atoms with Gasteiger partial charge in [0.25, 0.3) is 0 Å². The number of halogens is 1. The predicted molar refractivity (Wildman–Crippen MR) is 74.9 cm³/mol. The molecular formula is C14H21ClN2. The Labute approximate surface area is 109 Å². The number of hydrogen-bond acceptors (Lipinski definition) is 2. The third-order valence-electron chi connectivity index (χ3n) is 3.39. The molecule has 0 amide bonds. The summed E-state index contributed by atoms with van der Waals surface area (Å²) in [7, 11) is 0. The number of anilines is 1. The Kier molecular flexibility index (Phi) is 4.30. The molecule has 2 nitrogen and oxygen atoms in total. The van der Waals surface area contributed by atoms with E-state index in [1.165, 1.54) is 37.1 Å². The molecule has 0 aliphatic carbocycles. The predicted octanol–water partition coefficient (Wildman–Crippen LogP) is 3.59. The van der Waals surface area contributed by atoms with Crippen molar-refractivity contribution in [1.82, 2.24) is 5.32 Å². The van der Waals surface area contributed by atoms with Gasteiger partial charge in [-0.1, -0.05) is 11.6 Å². The highest BCUT2D eigenvalue weighted by Crippen LogP contribution is 2.21. The summed E-state index contributed by atoms with van der Waals surface area (Å²) in [6.45, 7) is 5.51. The summed E-state index contributed by atoms with van der Waals surface area (Å²) in [4.78, 5) is 0. The average Bonchev–Trinajstić information content (AvgIpc) is 2.75. The molecule has 0 spiro atoms. The highest BCUT2D eigenvalue weighted by Gasteiger charge is 2.17. The SMILES string of the molecule is Cc1cc(Cl)ccc1NC(C)CC1CCCN1. The third-order valence-corrected chi connectivity index (χ3v) is 3.63. The first kappa shape index (κ1) is 12.7. The van der Waals surface area contributed by atoms with Crippen LogP contribution in [-0.2, 0) is 0 Å². The lowest BCUT2D eigenvalue weighted by Crippen LogP contribution is -2.29. The highest BCUT2D eigenvalue weighted by atomic mass is 35.5. The fourth-order valence-electron chi connectivity index (χ4n) is 2.50. The van der Waals surface area contributed by atoms with Crippen LogP contribution in [0, 0.1) is 6.92 Å². The second kappa shape index (κ2) is 5.74. The van der Waals surface area contributed by atoms with Crippen LogP contribution >= 0.6 is 11.6 Å². The van der Waals surface area contributed by atoms with Crippen molar-refractivity contribution in [3.63, 3.8) is 0 Å². The van der Waals surface area contributed by atoms with E-state index in [-0.39, 0.29) is 0 Å². The van der Waals surface area contributed by atoms with Gasteiger partial charge in [0.2, 0.25) is 0 Å². The number of hydrogen-bond donors (Lipinski definition) is 2. The maximum atomic E-state index is 5.95. The van der Waals surface area contributed by atoms with Crippen LogP contribution in [0.2, 0.25) is 5.02 Å². The van der Waals surface area contributed by atoms with E-state index in [9.17, 15) is 0 Å². The van der Waals surface area contributed by atoms with Crippen molar-refractivity contribution in [2.75, 3.05) is 11.9 Å². The van der Waals surface area contributed by atoms with Crippen LogP contribution < -0.4 is 10.6 Å². The lowest BCUT2D eigenvalue weighted by atomic mass is 10.1. The largest absolute Gasteiger partial charge is 0.382 e. The third kappa shape index (κ3) is 3.62. The molecule has 3 heteroatoms. The molecule has 0 bridgehead atoms. The summed E-state index contributed by atoms with van der Waals surface area (Å²) in [5.74, 6) is 0. The van der Waals surface area contributed by atoms with Gasteiger partial charge in [0.15, 0.2) is 0 Å². The molecule has 17 heavy (non-hydrogen) atoms. The molecular weight excluding hydrogens is 232 g/mol. The van der Waals surface area contributed by atoms with Crippen molar-refractivity contribution < 1.29 is 0 Å². The first-order valence-corrected chi connectivity index (χ1v) is 6.79. The van der Waals surface area contributed by atoms with Gasteiger partial charge >= 0.3 is 0 Å². The van der Waals surface area contributed by atoms with Crippen molar-refractivity contribution in [2.45, 2.75) is 45.2 Å². The topological polar surface area (TPSA) is 24.1 Å². The Morgan fingerprint density at radius 1 is 1.53 bits per heavy atom. The molecule has 1 fully saturated rings. The highest BCUT2D eigenvalue weighted by molar-refractivity contribution is 6.30. The second-order valence-electron chi connectivity index (χ2n) is 5.03. The summed E-state index contributed by atoms with van der Waals surface area (Å²) < 4.78 is 0. The van der Waals surface area contributed by atoms with Crippen LogP contribution in [0.15, 0.2) is 18.2 Å². The van der Waals surface area contributed by atoms with Gasteiger partial charge in [-0.3, -0.25) is 0 Å². The standard InChI is InChI=1S/C14H21ClN2/c1-10-8-12(15)5-6-14(10)17-11(2)9-13-4-3-7-16-13/h5-6,8,11,13,16-17H,3-4,7,9H2,1-2H3. The molecule has 94 valence electrons. The Hall–Kier alpha value is -0.730. The monoisotopic (exact) mass is 252 g/mol. The van der Waals surface area contributed by atoms with E-state index < -0.39 is 0 Å². The van der Waals surface area contributed by atoms with Crippen molar-refractivity contribution in [2.24, 2.45) is 0 Å². The van der Waals surface area contributed by atoms with Crippen LogP contribution in [-0.4, -0.2) is 18.6 Å². The fraction of sp³-hybridized carbons (Fsp3) is 0.571.